The number of imidazole rings is 1. The zero-order chi connectivity index (χ0) is 17.1. The van der Waals surface area contributed by atoms with Gasteiger partial charge < -0.3 is 14.3 Å². The van der Waals surface area contributed by atoms with Crippen molar-refractivity contribution >= 4 is 10.9 Å². The smallest absolute Gasteiger partial charge is 0.259 e. The van der Waals surface area contributed by atoms with E-state index in [2.05, 4.69) is 15.0 Å². The van der Waals surface area contributed by atoms with Gasteiger partial charge in [0.05, 0.1) is 23.8 Å². The quantitative estimate of drug-likeness (QED) is 0.610. The second-order valence-corrected chi connectivity index (χ2v) is 5.61. The topological polar surface area (TPSA) is 72.8 Å². The fourth-order valence-electron chi connectivity index (χ4n) is 2.62. The lowest BCUT2D eigenvalue weighted by atomic mass is 10.2. The number of hydrogen-bond acceptors (Lipinski definition) is 4. The molecule has 6 nitrogen and oxygen atoms in total. The molecule has 0 aliphatic rings. The number of aromatic amines is 1. The SMILES string of the molecule is O=c1[nH]c(-c2ccc(OCCn3ccnc3)cc2)nc2ccccc12. The molecule has 0 spiro atoms. The van der Waals surface area contributed by atoms with Gasteiger partial charge in [-0.25, -0.2) is 9.97 Å². The minimum atomic E-state index is -0.138. The van der Waals surface area contributed by atoms with E-state index in [9.17, 15) is 4.79 Å². The van der Waals surface area contributed by atoms with Crippen molar-refractivity contribution in [2.45, 2.75) is 6.54 Å². The van der Waals surface area contributed by atoms with Gasteiger partial charge in [-0.05, 0) is 36.4 Å². The third-order valence-corrected chi connectivity index (χ3v) is 3.92. The van der Waals surface area contributed by atoms with E-state index in [0.29, 0.717) is 23.3 Å². The fraction of sp³-hybridized carbons (Fsp3) is 0.105. The highest BCUT2D eigenvalue weighted by molar-refractivity contribution is 5.79. The van der Waals surface area contributed by atoms with Gasteiger partial charge in [0, 0.05) is 18.0 Å². The highest BCUT2D eigenvalue weighted by atomic mass is 16.5. The lowest BCUT2D eigenvalue weighted by molar-refractivity contribution is 0.298. The number of rotatable bonds is 5. The standard InChI is InChI=1S/C19H16N4O2/c24-19-16-3-1-2-4-17(16)21-18(22-19)14-5-7-15(8-6-14)25-12-11-23-10-9-20-13-23/h1-10,13H,11-12H2,(H,21,22,24). The molecule has 4 rings (SSSR count). The number of benzene rings is 2. The first kappa shape index (κ1) is 15.1. The van der Waals surface area contributed by atoms with Crippen LogP contribution in [-0.2, 0) is 6.54 Å². The van der Waals surface area contributed by atoms with Crippen LogP contribution in [0, 0.1) is 0 Å². The Balaban J connectivity index is 1.51. The summed E-state index contributed by atoms with van der Waals surface area (Å²) >= 11 is 0. The number of nitrogens with one attached hydrogen (secondary N) is 1. The van der Waals surface area contributed by atoms with E-state index in [-0.39, 0.29) is 5.56 Å². The second-order valence-electron chi connectivity index (χ2n) is 5.61. The van der Waals surface area contributed by atoms with E-state index in [0.717, 1.165) is 17.9 Å². The van der Waals surface area contributed by atoms with Crippen molar-refractivity contribution < 1.29 is 4.74 Å². The summed E-state index contributed by atoms with van der Waals surface area (Å²) < 4.78 is 7.68. The minimum Gasteiger partial charge on any atom is -0.492 e. The van der Waals surface area contributed by atoms with E-state index in [1.165, 1.54) is 0 Å². The van der Waals surface area contributed by atoms with Crippen molar-refractivity contribution in [2.75, 3.05) is 6.61 Å². The Morgan fingerprint density at radius 3 is 2.72 bits per heavy atom. The molecule has 1 N–H and O–H groups in total. The molecule has 0 saturated heterocycles. The van der Waals surface area contributed by atoms with Crippen LogP contribution >= 0.6 is 0 Å². The third-order valence-electron chi connectivity index (χ3n) is 3.92. The third kappa shape index (κ3) is 3.28. The summed E-state index contributed by atoms with van der Waals surface area (Å²) in [4.78, 5) is 23.5. The van der Waals surface area contributed by atoms with Gasteiger partial charge in [-0.2, -0.15) is 0 Å². The largest absolute Gasteiger partial charge is 0.492 e. The Bertz CT molecular complexity index is 1040. The molecule has 0 radical (unpaired) electrons. The van der Waals surface area contributed by atoms with Gasteiger partial charge in [-0.3, -0.25) is 4.79 Å². The van der Waals surface area contributed by atoms with Crippen molar-refractivity contribution in [3.05, 3.63) is 77.6 Å². The molecule has 0 amide bonds. The molecule has 0 atom stereocenters. The summed E-state index contributed by atoms with van der Waals surface area (Å²) in [7, 11) is 0. The Labute approximate surface area is 143 Å². The highest BCUT2D eigenvalue weighted by Crippen LogP contribution is 2.20. The maximum absolute atomic E-state index is 12.2. The van der Waals surface area contributed by atoms with Gasteiger partial charge in [0.15, 0.2) is 0 Å². The summed E-state index contributed by atoms with van der Waals surface area (Å²) in [6.07, 6.45) is 5.40. The first-order valence-corrected chi connectivity index (χ1v) is 7.98. The maximum atomic E-state index is 12.2. The number of aromatic nitrogens is 4. The van der Waals surface area contributed by atoms with Crippen LogP contribution in [0.25, 0.3) is 22.3 Å². The molecule has 0 bridgehead atoms. The number of fused-ring (bicyclic) bond motifs is 1. The molecule has 0 aliphatic carbocycles. The van der Waals surface area contributed by atoms with Gasteiger partial charge in [0.2, 0.25) is 0 Å². The minimum absolute atomic E-state index is 0.138. The average Bonchev–Trinajstić information content (AvgIpc) is 3.16. The summed E-state index contributed by atoms with van der Waals surface area (Å²) in [6.45, 7) is 1.29. The van der Waals surface area contributed by atoms with Crippen LogP contribution < -0.4 is 10.3 Å². The van der Waals surface area contributed by atoms with E-state index < -0.39 is 0 Å². The summed E-state index contributed by atoms with van der Waals surface area (Å²) in [5.41, 5.74) is 1.38. The first-order valence-electron chi connectivity index (χ1n) is 7.98. The average molecular weight is 332 g/mol. The van der Waals surface area contributed by atoms with Crippen molar-refractivity contribution in [2.24, 2.45) is 0 Å². The molecule has 25 heavy (non-hydrogen) atoms. The predicted octanol–water partition coefficient (Wildman–Crippen LogP) is 2.87. The van der Waals surface area contributed by atoms with Gasteiger partial charge >= 0.3 is 0 Å². The lowest BCUT2D eigenvalue weighted by Gasteiger charge is -2.08. The molecule has 0 fully saturated rings. The predicted molar refractivity (Wildman–Crippen MR) is 95.5 cm³/mol. The van der Waals surface area contributed by atoms with E-state index >= 15 is 0 Å². The summed E-state index contributed by atoms with van der Waals surface area (Å²) in [5, 5.41) is 0.589. The van der Waals surface area contributed by atoms with Crippen molar-refractivity contribution in [1.29, 1.82) is 0 Å². The van der Waals surface area contributed by atoms with Crippen LogP contribution in [0.3, 0.4) is 0 Å². The number of para-hydroxylation sites is 1. The lowest BCUT2D eigenvalue weighted by Crippen LogP contribution is -2.09. The molecule has 0 unspecified atom stereocenters. The number of hydrogen-bond donors (Lipinski definition) is 1. The van der Waals surface area contributed by atoms with Crippen LogP contribution in [-0.4, -0.2) is 26.1 Å². The van der Waals surface area contributed by atoms with Gasteiger partial charge in [0.1, 0.15) is 18.2 Å². The van der Waals surface area contributed by atoms with Crippen LogP contribution in [0.2, 0.25) is 0 Å². The van der Waals surface area contributed by atoms with Crippen LogP contribution in [0.15, 0.2) is 72.0 Å². The molecule has 4 aromatic rings. The van der Waals surface area contributed by atoms with Crippen LogP contribution in [0.4, 0.5) is 0 Å². The monoisotopic (exact) mass is 332 g/mol. The van der Waals surface area contributed by atoms with Crippen molar-refractivity contribution in [1.82, 2.24) is 19.5 Å². The Hall–Kier alpha value is -3.41. The molecule has 2 heterocycles. The van der Waals surface area contributed by atoms with E-state index in [1.807, 2.05) is 53.2 Å². The van der Waals surface area contributed by atoms with Gasteiger partial charge in [-0.15, -0.1) is 0 Å². The molecule has 2 aromatic heterocycles. The van der Waals surface area contributed by atoms with Crippen LogP contribution in [0.1, 0.15) is 0 Å². The second kappa shape index (κ2) is 6.60. The Morgan fingerprint density at radius 2 is 1.92 bits per heavy atom. The van der Waals surface area contributed by atoms with Crippen molar-refractivity contribution in [3.63, 3.8) is 0 Å². The molecule has 6 heteroatoms. The normalized spacial score (nSPS) is 10.9. The Kier molecular flexibility index (Phi) is 4.00. The van der Waals surface area contributed by atoms with Crippen molar-refractivity contribution in [3.8, 4) is 17.1 Å². The first-order chi connectivity index (χ1) is 12.3. The van der Waals surface area contributed by atoms with Crippen LogP contribution in [0.5, 0.6) is 5.75 Å². The van der Waals surface area contributed by atoms with Gasteiger partial charge in [0.25, 0.3) is 5.56 Å². The molecule has 0 saturated carbocycles. The molecular weight excluding hydrogens is 316 g/mol. The fourth-order valence-corrected chi connectivity index (χ4v) is 2.62. The molecule has 0 aliphatic heterocycles. The number of ether oxygens (including phenoxy) is 1. The van der Waals surface area contributed by atoms with E-state index in [1.54, 1.807) is 18.6 Å². The molecular formula is C19H16N4O2. The molecule has 2 aromatic carbocycles. The summed E-state index contributed by atoms with van der Waals surface area (Å²) in [5.74, 6) is 1.32. The number of H-pyrrole nitrogens is 1. The summed E-state index contributed by atoms with van der Waals surface area (Å²) in [6, 6.07) is 14.8. The van der Waals surface area contributed by atoms with Gasteiger partial charge in [-0.1, -0.05) is 12.1 Å². The number of nitrogens with zero attached hydrogens (tertiary/aromatic N) is 3. The zero-order valence-electron chi connectivity index (χ0n) is 13.4. The Morgan fingerprint density at radius 1 is 1.08 bits per heavy atom. The highest BCUT2D eigenvalue weighted by Gasteiger charge is 2.05. The van der Waals surface area contributed by atoms with E-state index in [4.69, 9.17) is 4.74 Å². The zero-order valence-corrected chi connectivity index (χ0v) is 13.4. The maximum Gasteiger partial charge on any atom is 0.259 e. The molecule has 124 valence electrons.